The van der Waals surface area contributed by atoms with Gasteiger partial charge in [0.1, 0.15) is 0 Å². The Kier molecular flexibility index (Phi) is 3.86. The Morgan fingerprint density at radius 1 is 1.33 bits per heavy atom. The SMILES string of the molecule is Cc1ccc(C(=O)CCC(=O)O)cc1Cl. The zero-order valence-corrected chi connectivity index (χ0v) is 9.04. The van der Waals surface area contributed by atoms with E-state index in [1.807, 2.05) is 6.92 Å². The number of hydrogen-bond donors (Lipinski definition) is 1. The zero-order valence-electron chi connectivity index (χ0n) is 8.29. The van der Waals surface area contributed by atoms with Crippen LogP contribution in [0.2, 0.25) is 5.02 Å². The van der Waals surface area contributed by atoms with Crippen LogP contribution >= 0.6 is 11.6 Å². The molecule has 0 aliphatic carbocycles. The van der Waals surface area contributed by atoms with Crippen LogP contribution < -0.4 is 0 Å². The number of aliphatic carboxylic acids is 1. The molecule has 15 heavy (non-hydrogen) atoms. The number of carbonyl (C=O) groups excluding carboxylic acids is 1. The van der Waals surface area contributed by atoms with Gasteiger partial charge in [-0.1, -0.05) is 23.7 Å². The number of aryl methyl sites for hydroxylation is 1. The molecule has 1 aromatic rings. The second-order valence-corrected chi connectivity index (χ2v) is 3.69. The van der Waals surface area contributed by atoms with Crippen LogP contribution in [-0.4, -0.2) is 16.9 Å². The van der Waals surface area contributed by atoms with Crippen molar-refractivity contribution in [1.82, 2.24) is 0 Å². The molecule has 3 nitrogen and oxygen atoms in total. The number of carbonyl (C=O) groups is 2. The lowest BCUT2D eigenvalue weighted by atomic mass is 10.1. The molecule has 1 aromatic carbocycles. The number of benzene rings is 1. The van der Waals surface area contributed by atoms with E-state index in [4.69, 9.17) is 16.7 Å². The van der Waals surface area contributed by atoms with E-state index in [0.717, 1.165) is 5.56 Å². The van der Waals surface area contributed by atoms with Crippen molar-refractivity contribution in [3.05, 3.63) is 34.3 Å². The van der Waals surface area contributed by atoms with Crippen LogP contribution in [-0.2, 0) is 4.79 Å². The highest BCUT2D eigenvalue weighted by Gasteiger charge is 2.09. The summed E-state index contributed by atoms with van der Waals surface area (Å²) in [5, 5.41) is 8.95. The first-order chi connectivity index (χ1) is 7.00. The van der Waals surface area contributed by atoms with Crippen LogP contribution in [0.5, 0.6) is 0 Å². The van der Waals surface area contributed by atoms with Crippen LogP contribution in [0.25, 0.3) is 0 Å². The molecular formula is C11H11ClO3. The minimum Gasteiger partial charge on any atom is -0.481 e. The third-order valence-electron chi connectivity index (χ3n) is 2.06. The van der Waals surface area contributed by atoms with Crippen LogP contribution in [0, 0.1) is 6.92 Å². The monoisotopic (exact) mass is 226 g/mol. The fourth-order valence-corrected chi connectivity index (χ4v) is 1.31. The van der Waals surface area contributed by atoms with Gasteiger partial charge in [-0.15, -0.1) is 0 Å². The summed E-state index contributed by atoms with van der Waals surface area (Å²) >= 11 is 5.85. The van der Waals surface area contributed by atoms with Gasteiger partial charge in [0.05, 0.1) is 6.42 Å². The summed E-state index contributed by atoms with van der Waals surface area (Å²) in [6.07, 6.45) is -0.140. The van der Waals surface area contributed by atoms with E-state index in [-0.39, 0.29) is 18.6 Å². The number of hydrogen-bond acceptors (Lipinski definition) is 2. The summed E-state index contributed by atoms with van der Waals surface area (Å²) in [7, 11) is 0. The first kappa shape index (κ1) is 11.7. The fraction of sp³-hybridized carbons (Fsp3) is 0.273. The van der Waals surface area contributed by atoms with E-state index in [2.05, 4.69) is 0 Å². The van der Waals surface area contributed by atoms with Gasteiger partial charge < -0.3 is 5.11 Å². The van der Waals surface area contributed by atoms with Gasteiger partial charge in [-0.05, 0) is 18.6 Å². The van der Waals surface area contributed by atoms with E-state index >= 15 is 0 Å². The van der Waals surface area contributed by atoms with Gasteiger partial charge in [-0.25, -0.2) is 0 Å². The first-order valence-electron chi connectivity index (χ1n) is 4.52. The van der Waals surface area contributed by atoms with Crippen molar-refractivity contribution in [1.29, 1.82) is 0 Å². The standard InChI is InChI=1S/C11H11ClO3/c1-7-2-3-8(6-9(7)12)10(13)4-5-11(14)15/h2-3,6H,4-5H2,1H3,(H,14,15). The van der Waals surface area contributed by atoms with Crippen molar-refractivity contribution in [2.75, 3.05) is 0 Å². The maximum absolute atomic E-state index is 11.5. The fourth-order valence-electron chi connectivity index (χ4n) is 1.13. The number of carboxylic acids is 1. The number of carboxylic acid groups (broad SMARTS) is 1. The van der Waals surface area contributed by atoms with Gasteiger partial charge in [0, 0.05) is 17.0 Å². The summed E-state index contributed by atoms with van der Waals surface area (Å²) in [6.45, 7) is 1.84. The number of halogens is 1. The molecular weight excluding hydrogens is 216 g/mol. The molecule has 0 atom stereocenters. The van der Waals surface area contributed by atoms with E-state index in [0.29, 0.717) is 10.6 Å². The van der Waals surface area contributed by atoms with Crippen molar-refractivity contribution >= 4 is 23.4 Å². The van der Waals surface area contributed by atoms with E-state index < -0.39 is 5.97 Å². The normalized spacial score (nSPS) is 10.0. The van der Waals surface area contributed by atoms with Gasteiger partial charge in [0.25, 0.3) is 0 Å². The van der Waals surface area contributed by atoms with Crippen LogP contribution in [0.3, 0.4) is 0 Å². The molecule has 0 aliphatic rings. The van der Waals surface area contributed by atoms with Crippen molar-refractivity contribution in [2.24, 2.45) is 0 Å². The second kappa shape index (κ2) is 4.94. The van der Waals surface area contributed by atoms with Crippen LogP contribution in [0.4, 0.5) is 0 Å². The highest BCUT2D eigenvalue weighted by atomic mass is 35.5. The van der Waals surface area contributed by atoms with Gasteiger partial charge in [-0.3, -0.25) is 9.59 Å². The van der Waals surface area contributed by atoms with E-state index in [1.165, 1.54) is 0 Å². The summed E-state index contributed by atoms with van der Waals surface area (Å²) in [4.78, 5) is 21.8. The predicted molar refractivity (Wildman–Crippen MR) is 57.4 cm³/mol. The zero-order chi connectivity index (χ0) is 11.4. The molecule has 0 fully saturated rings. The molecule has 0 bridgehead atoms. The molecule has 4 heteroatoms. The summed E-state index contributed by atoms with van der Waals surface area (Å²) < 4.78 is 0. The van der Waals surface area contributed by atoms with Crippen LogP contribution in [0.1, 0.15) is 28.8 Å². The lowest BCUT2D eigenvalue weighted by Gasteiger charge is -2.02. The summed E-state index contributed by atoms with van der Waals surface area (Å²) in [5.74, 6) is -1.17. The lowest BCUT2D eigenvalue weighted by molar-refractivity contribution is -0.136. The Hall–Kier alpha value is -1.35. The van der Waals surface area contributed by atoms with Crippen molar-refractivity contribution in [3.63, 3.8) is 0 Å². The molecule has 0 saturated carbocycles. The molecule has 0 heterocycles. The van der Waals surface area contributed by atoms with Gasteiger partial charge in [-0.2, -0.15) is 0 Å². The highest BCUT2D eigenvalue weighted by Crippen LogP contribution is 2.17. The van der Waals surface area contributed by atoms with Crippen molar-refractivity contribution in [2.45, 2.75) is 19.8 Å². The molecule has 1 N–H and O–H groups in total. The molecule has 0 saturated heterocycles. The quantitative estimate of drug-likeness (QED) is 0.804. The highest BCUT2D eigenvalue weighted by molar-refractivity contribution is 6.31. The average molecular weight is 227 g/mol. The average Bonchev–Trinajstić information content (AvgIpc) is 2.18. The molecule has 80 valence electrons. The molecule has 0 aliphatic heterocycles. The van der Waals surface area contributed by atoms with E-state index in [9.17, 15) is 9.59 Å². The van der Waals surface area contributed by atoms with Gasteiger partial charge >= 0.3 is 5.97 Å². The molecule has 0 radical (unpaired) electrons. The molecule has 0 spiro atoms. The minimum absolute atomic E-state index is 0.00865. The van der Waals surface area contributed by atoms with Gasteiger partial charge in [0.15, 0.2) is 5.78 Å². The maximum Gasteiger partial charge on any atom is 0.303 e. The Bertz CT molecular complexity index is 399. The van der Waals surface area contributed by atoms with E-state index in [1.54, 1.807) is 18.2 Å². The summed E-state index contributed by atoms with van der Waals surface area (Å²) in [5.41, 5.74) is 1.36. The predicted octanol–water partition coefficient (Wildman–Crippen LogP) is 2.70. The van der Waals surface area contributed by atoms with Crippen molar-refractivity contribution < 1.29 is 14.7 Å². The van der Waals surface area contributed by atoms with Gasteiger partial charge in [0.2, 0.25) is 0 Å². The topological polar surface area (TPSA) is 54.4 Å². The number of ketones is 1. The third-order valence-corrected chi connectivity index (χ3v) is 2.47. The lowest BCUT2D eigenvalue weighted by Crippen LogP contribution is -2.03. The Morgan fingerprint density at radius 3 is 2.53 bits per heavy atom. The first-order valence-corrected chi connectivity index (χ1v) is 4.89. The Labute approximate surface area is 92.7 Å². The molecule has 0 aromatic heterocycles. The third kappa shape index (κ3) is 3.36. The maximum atomic E-state index is 11.5. The molecule has 0 unspecified atom stereocenters. The second-order valence-electron chi connectivity index (χ2n) is 3.28. The Morgan fingerprint density at radius 2 is 2.00 bits per heavy atom. The minimum atomic E-state index is -0.971. The smallest absolute Gasteiger partial charge is 0.303 e. The largest absolute Gasteiger partial charge is 0.481 e. The molecule has 1 rings (SSSR count). The Balaban J connectivity index is 2.74. The van der Waals surface area contributed by atoms with Crippen LogP contribution in [0.15, 0.2) is 18.2 Å². The molecule has 0 amide bonds. The summed E-state index contributed by atoms with van der Waals surface area (Å²) in [6, 6.07) is 4.98. The van der Waals surface area contributed by atoms with Crippen molar-refractivity contribution in [3.8, 4) is 0 Å². The number of rotatable bonds is 4. The number of Topliss-reactive ketones (excluding diaryl/α,β-unsaturated/α-hetero) is 1.